The van der Waals surface area contributed by atoms with Gasteiger partial charge in [-0.1, -0.05) is 0 Å². The second kappa shape index (κ2) is 3.11. The number of thiol groups is 1. The van der Waals surface area contributed by atoms with Gasteiger partial charge in [0.1, 0.15) is 0 Å². The van der Waals surface area contributed by atoms with Crippen molar-refractivity contribution in [2.45, 2.75) is 24.5 Å². The molecule has 1 aliphatic rings. The van der Waals surface area contributed by atoms with E-state index in [4.69, 9.17) is 0 Å². The van der Waals surface area contributed by atoms with Crippen molar-refractivity contribution in [1.82, 2.24) is 5.32 Å². The van der Waals surface area contributed by atoms with Crippen LogP contribution in [-0.4, -0.2) is 17.7 Å². The Morgan fingerprint density at radius 1 is 1.56 bits per heavy atom. The van der Waals surface area contributed by atoms with Crippen LogP contribution < -0.4 is 5.32 Å². The van der Waals surface area contributed by atoms with Gasteiger partial charge in [0.2, 0.25) is 5.91 Å². The van der Waals surface area contributed by atoms with E-state index in [-0.39, 0.29) is 5.91 Å². The summed E-state index contributed by atoms with van der Waals surface area (Å²) in [5, 5.41) is 3.21. The first-order valence-corrected chi connectivity index (χ1v) is 3.75. The van der Waals surface area contributed by atoms with E-state index in [1.807, 2.05) is 0 Å². The third-order valence-electron chi connectivity index (χ3n) is 1.50. The van der Waals surface area contributed by atoms with Crippen molar-refractivity contribution in [3.8, 4) is 0 Å². The van der Waals surface area contributed by atoms with Gasteiger partial charge in [-0.15, -0.1) is 0 Å². The molecule has 0 aromatic heterocycles. The molecule has 0 radical (unpaired) electrons. The minimum absolute atomic E-state index is 0.173. The Bertz CT molecular complexity index is 116. The van der Waals surface area contributed by atoms with Crippen molar-refractivity contribution in [2.75, 3.05) is 6.54 Å². The van der Waals surface area contributed by atoms with Gasteiger partial charge < -0.3 is 5.32 Å². The third kappa shape index (κ3) is 2.26. The molecule has 0 aromatic carbocycles. The van der Waals surface area contributed by atoms with Crippen LogP contribution >= 0.6 is 12.6 Å². The van der Waals surface area contributed by atoms with Crippen LogP contribution in [0.5, 0.6) is 0 Å². The monoisotopic (exact) mass is 145 g/mol. The quantitative estimate of drug-likeness (QED) is 0.480. The zero-order valence-electron chi connectivity index (χ0n) is 5.26. The summed E-state index contributed by atoms with van der Waals surface area (Å²) in [6.07, 6.45) is 2.58. The number of hydrogen-bond acceptors (Lipinski definition) is 2. The lowest BCUT2D eigenvalue weighted by atomic mass is 10.2. The minimum Gasteiger partial charge on any atom is -0.356 e. The number of hydrogen-bond donors (Lipinski definition) is 2. The summed E-state index contributed by atoms with van der Waals surface area (Å²) < 4.78 is 0. The summed E-state index contributed by atoms with van der Waals surface area (Å²) in [7, 11) is 0. The zero-order valence-corrected chi connectivity index (χ0v) is 6.16. The van der Waals surface area contributed by atoms with Crippen LogP contribution in [0.25, 0.3) is 0 Å². The maximum absolute atomic E-state index is 10.7. The van der Waals surface area contributed by atoms with E-state index in [0.29, 0.717) is 11.7 Å². The molecule has 1 aliphatic heterocycles. The molecule has 9 heavy (non-hydrogen) atoms. The fraction of sp³-hybridized carbons (Fsp3) is 0.833. The van der Waals surface area contributed by atoms with Crippen molar-refractivity contribution in [3.05, 3.63) is 0 Å². The standard InChI is InChI=1S/C6H11NOS/c8-6-2-1-5(9)3-4-7-6/h5,9H,1-4H2,(H,7,8). The summed E-state index contributed by atoms with van der Waals surface area (Å²) in [6.45, 7) is 0.799. The van der Waals surface area contributed by atoms with Gasteiger partial charge in [0.05, 0.1) is 0 Å². The summed E-state index contributed by atoms with van der Waals surface area (Å²) in [6, 6.07) is 0. The lowest BCUT2D eigenvalue weighted by molar-refractivity contribution is -0.120. The number of carbonyl (C=O) groups excluding carboxylic acids is 1. The molecule has 1 fully saturated rings. The zero-order chi connectivity index (χ0) is 6.69. The summed E-state index contributed by atoms with van der Waals surface area (Å²) in [4.78, 5) is 10.7. The predicted molar refractivity (Wildman–Crippen MR) is 39.6 cm³/mol. The van der Waals surface area contributed by atoms with E-state index in [1.54, 1.807) is 0 Å². The molecule has 0 spiro atoms. The van der Waals surface area contributed by atoms with E-state index >= 15 is 0 Å². The Hall–Kier alpha value is -0.180. The van der Waals surface area contributed by atoms with E-state index in [2.05, 4.69) is 17.9 Å². The number of amides is 1. The van der Waals surface area contributed by atoms with Crippen molar-refractivity contribution in [2.24, 2.45) is 0 Å². The molecule has 1 rings (SSSR count). The first-order chi connectivity index (χ1) is 4.29. The van der Waals surface area contributed by atoms with Gasteiger partial charge >= 0.3 is 0 Å². The maximum Gasteiger partial charge on any atom is 0.220 e. The van der Waals surface area contributed by atoms with Gasteiger partial charge in [-0.25, -0.2) is 0 Å². The van der Waals surface area contributed by atoms with Crippen LogP contribution in [0.1, 0.15) is 19.3 Å². The molecule has 0 aliphatic carbocycles. The lowest BCUT2D eigenvalue weighted by Gasteiger charge is -2.00. The number of rotatable bonds is 0. The third-order valence-corrected chi connectivity index (χ3v) is 2.02. The smallest absolute Gasteiger partial charge is 0.220 e. The summed E-state index contributed by atoms with van der Waals surface area (Å²) >= 11 is 4.28. The van der Waals surface area contributed by atoms with E-state index in [1.165, 1.54) is 0 Å². The Morgan fingerprint density at radius 2 is 2.33 bits per heavy atom. The molecule has 1 N–H and O–H groups in total. The highest BCUT2D eigenvalue weighted by atomic mass is 32.1. The Morgan fingerprint density at radius 3 is 3.11 bits per heavy atom. The molecule has 3 heteroatoms. The highest BCUT2D eigenvalue weighted by Crippen LogP contribution is 2.10. The van der Waals surface area contributed by atoms with Crippen molar-refractivity contribution in [3.63, 3.8) is 0 Å². The van der Waals surface area contributed by atoms with Gasteiger partial charge in [-0.05, 0) is 12.8 Å². The largest absolute Gasteiger partial charge is 0.356 e. The normalized spacial score (nSPS) is 29.0. The molecule has 1 atom stereocenters. The second-order valence-electron chi connectivity index (χ2n) is 2.33. The molecular formula is C6H11NOS. The summed E-state index contributed by atoms with van der Waals surface area (Å²) in [5.41, 5.74) is 0. The van der Waals surface area contributed by atoms with Crippen LogP contribution in [0.3, 0.4) is 0 Å². The van der Waals surface area contributed by atoms with Crippen LogP contribution in [0, 0.1) is 0 Å². The van der Waals surface area contributed by atoms with Gasteiger partial charge in [0.25, 0.3) is 0 Å². The Labute approximate surface area is 60.4 Å². The molecule has 0 aromatic rings. The average molecular weight is 145 g/mol. The lowest BCUT2D eigenvalue weighted by Crippen LogP contribution is -2.21. The fourth-order valence-corrected chi connectivity index (χ4v) is 1.17. The molecule has 1 unspecified atom stereocenters. The van der Waals surface area contributed by atoms with E-state index in [9.17, 15) is 4.79 Å². The Kier molecular flexibility index (Phi) is 2.39. The molecule has 1 amide bonds. The number of carbonyl (C=O) groups is 1. The van der Waals surface area contributed by atoms with Gasteiger partial charge in [-0.3, -0.25) is 4.79 Å². The molecule has 0 saturated carbocycles. The number of nitrogens with one attached hydrogen (secondary N) is 1. The average Bonchev–Trinajstić information content (AvgIpc) is 1.97. The topological polar surface area (TPSA) is 29.1 Å². The minimum atomic E-state index is 0.173. The van der Waals surface area contributed by atoms with Crippen LogP contribution in [0.4, 0.5) is 0 Å². The fourth-order valence-electron chi connectivity index (χ4n) is 0.909. The molecule has 52 valence electrons. The molecule has 1 heterocycles. The predicted octanol–water partition coefficient (Wildman–Crippen LogP) is 0.585. The summed E-state index contributed by atoms with van der Waals surface area (Å²) in [5.74, 6) is 0.173. The molecule has 2 nitrogen and oxygen atoms in total. The van der Waals surface area contributed by atoms with Crippen molar-refractivity contribution in [1.29, 1.82) is 0 Å². The van der Waals surface area contributed by atoms with E-state index < -0.39 is 0 Å². The van der Waals surface area contributed by atoms with Gasteiger partial charge in [0, 0.05) is 18.2 Å². The van der Waals surface area contributed by atoms with E-state index in [0.717, 1.165) is 19.4 Å². The van der Waals surface area contributed by atoms with Crippen LogP contribution in [0.2, 0.25) is 0 Å². The highest BCUT2D eigenvalue weighted by molar-refractivity contribution is 7.80. The first-order valence-electron chi connectivity index (χ1n) is 3.24. The van der Waals surface area contributed by atoms with Gasteiger partial charge in [-0.2, -0.15) is 12.6 Å². The molecule has 0 bridgehead atoms. The van der Waals surface area contributed by atoms with Crippen LogP contribution in [-0.2, 0) is 4.79 Å². The van der Waals surface area contributed by atoms with Crippen LogP contribution in [0.15, 0.2) is 0 Å². The van der Waals surface area contributed by atoms with Gasteiger partial charge in [0.15, 0.2) is 0 Å². The second-order valence-corrected chi connectivity index (χ2v) is 3.06. The first kappa shape index (κ1) is 6.93. The SMILES string of the molecule is O=C1CCC(S)CCN1. The van der Waals surface area contributed by atoms with Crippen molar-refractivity contribution >= 4 is 18.5 Å². The molecular weight excluding hydrogens is 134 g/mol. The Balaban J connectivity index is 2.34. The maximum atomic E-state index is 10.7. The highest BCUT2D eigenvalue weighted by Gasteiger charge is 2.11. The molecule has 1 saturated heterocycles. The van der Waals surface area contributed by atoms with Crippen molar-refractivity contribution < 1.29 is 4.79 Å².